The van der Waals surface area contributed by atoms with Gasteiger partial charge < -0.3 is 10.2 Å². The standard InChI is InChI=1S/C11H20N2O2/c1-5-8-10(15)13(11(2,3)4)7-6-9(14)12-8/h8H,5-7H2,1-4H3,(H,12,14). The van der Waals surface area contributed by atoms with E-state index in [0.29, 0.717) is 19.4 Å². The van der Waals surface area contributed by atoms with Crippen molar-refractivity contribution in [3.8, 4) is 0 Å². The van der Waals surface area contributed by atoms with Gasteiger partial charge >= 0.3 is 0 Å². The number of hydrogen-bond donors (Lipinski definition) is 1. The highest BCUT2D eigenvalue weighted by Crippen LogP contribution is 2.18. The van der Waals surface area contributed by atoms with Crippen molar-refractivity contribution in [3.63, 3.8) is 0 Å². The maximum Gasteiger partial charge on any atom is 0.245 e. The maximum atomic E-state index is 12.1. The molecule has 0 spiro atoms. The van der Waals surface area contributed by atoms with Gasteiger partial charge in [0.15, 0.2) is 0 Å². The first kappa shape index (κ1) is 12.0. The smallest absolute Gasteiger partial charge is 0.245 e. The fourth-order valence-corrected chi connectivity index (χ4v) is 1.78. The van der Waals surface area contributed by atoms with Crippen molar-refractivity contribution in [2.45, 2.75) is 52.1 Å². The summed E-state index contributed by atoms with van der Waals surface area (Å²) in [5.41, 5.74) is -0.212. The van der Waals surface area contributed by atoms with E-state index >= 15 is 0 Å². The summed E-state index contributed by atoms with van der Waals surface area (Å²) in [7, 11) is 0. The van der Waals surface area contributed by atoms with Crippen LogP contribution in [0.5, 0.6) is 0 Å². The van der Waals surface area contributed by atoms with Gasteiger partial charge in [0.25, 0.3) is 0 Å². The zero-order valence-electron chi connectivity index (χ0n) is 9.96. The molecule has 1 saturated heterocycles. The summed E-state index contributed by atoms with van der Waals surface area (Å²) >= 11 is 0. The molecule has 0 saturated carbocycles. The van der Waals surface area contributed by atoms with Crippen molar-refractivity contribution in [2.75, 3.05) is 6.54 Å². The first-order valence-corrected chi connectivity index (χ1v) is 5.47. The third-order valence-corrected chi connectivity index (χ3v) is 2.68. The van der Waals surface area contributed by atoms with Crippen LogP contribution in [0.15, 0.2) is 0 Å². The van der Waals surface area contributed by atoms with Crippen LogP contribution in [0, 0.1) is 0 Å². The first-order chi connectivity index (χ1) is 6.86. The Hall–Kier alpha value is -1.06. The molecule has 0 aromatic carbocycles. The number of nitrogens with zero attached hydrogens (tertiary/aromatic N) is 1. The number of rotatable bonds is 1. The van der Waals surface area contributed by atoms with Crippen LogP contribution in [0.2, 0.25) is 0 Å². The minimum absolute atomic E-state index is 0.0260. The molecule has 1 aliphatic heterocycles. The number of hydrogen-bond acceptors (Lipinski definition) is 2. The van der Waals surface area contributed by atoms with Gasteiger partial charge in [-0.2, -0.15) is 0 Å². The Kier molecular flexibility index (Phi) is 3.37. The highest BCUT2D eigenvalue weighted by Gasteiger charge is 2.34. The molecule has 4 heteroatoms. The van der Waals surface area contributed by atoms with E-state index in [0.717, 1.165) is 0 Å². The quantitative estimate of drug-likeness (QED) is 0.702. The highest BCUT2D eigenvalue weighted by molar-refractivity contribution is 5.90. The molecule has 1 heterocycles. The van der Waals surface area contributed by atoms with Crippen LogP contribution < -0.4 is 5.32 Å². The van der Waals surface area contributed by atoms with Crippen LogP contribution in [-0.4, -0.2) is 34.8 Å². The normalized spacial score (nSPS) is 23.7. The number of carbonyl (C=O) groups excluding carboxylic acids is 2. The van der Waals surface area contributed by atoms with Crippen molar-refractivity contribution in [3.05, 3.63) is 0 Å². The lowest BCUT2D eigenvalue weighted by atomic mass is 10.0. The van der Waals surface area contributed by atoms with Gasteiger partial charge in [0.2, 0.25) is 11.8 Å². The molecule has 4 nitrogen and oxygen atoms in total. The molecule has 0 bridgehead atoms. The topological polar surface area (TPSA) is 49.4 Å². The second-order valence-electron chi connectivity index (χ2n) is 4.94. The third kappa shape index (κ3) is 2.70. The van der Waals surface area contributed by atoms with Gasteiger partial charge in [-0.15, -0.1) is 0 Å². The lowest BCUT2D eigenvalue weighted by Crippen LogP contribution is -2.51. The van der Waals surface area contributed by atoms with Crippen molar-refractivity contribution < 1.29 is 9.59 Å². The average Bonchev–Trinajstić information content (AvgIpc) is 2.24. The number of carbonyl (C=O) groups is 2. The van der Waals surface area contributed by atoms with Gasteiger partial charge in [0, 0.05) is 18.5 Å². The lowest BCUT2D eigenvalue weighted by molar-refractivity contribution is -0.137. The Labute approximate surface area is 91.0 Å². The second kappa shape index (κ2) is 4.21. The highest BCUT2D eigenvalue weighted by atomic mass is 16.2. The van der Waals surface area contributed by atoms with Crippen molar-refractivity contribution in [1.82, 2.24) is 10.2 Å². The Bertz CT molecular complexity index is 268. The van der Waals surface area contributed by atoms with E-state index in [1.165, 1.54) is 0 Å². The molecule has 1 rings (SSSR count). The summed E-state index contributed by atoms with van der Waals surface area (Å²) < 4.78 is 0. The molecule has 1 aliphatic rings. The monoisotopic (exact) mass is 212 g/mol. The first-order valence-electron chi connectivity index (χ1n) is 5.47. The van der Waals surface area contributed by atoms with Gasteiger partial charge in [0.05, 0.1) is 0 Å². The fraction of sp³-hybridized carbons (Fsp3) is 0.818. The Morgan fingerprint density at radius 3 is 2.47 bits per heavy atom. The largest absolute Gasteiger partial charge is 0.344 e. The van der Waals surface area contributed by atoms with Crippen molar-refractivity contribution in [1.29, 1.82) is 0 Å². The van der Waals surface area contributed by atoms with Crippen LogP contribution in [0.1, 0.15) is 40.5 Å². The zero-order chi connectivity index (χ0) is 11.6. The molecular weight excluding hydrogens is 192 g/mol. The third-order valence-electron chi connectivity index (χ3n) is 2.68. The van der Waals surface area contributed by atoms with Crippen LogP contribution in [0.3, 0.4) is 0 Å². The van der Waals surface area contributed by atoms with Crippen LogP contribution in [-0.2, 0) is 9.59 Å². The summed E-state index contributed by atoms with van der Waals surface area (Å²) in [5.74, 6) is 0.0119. The van der Waals surface area contributed by atoms with Crippen molar-refractivity contribution in [2.24, 2.45) is 0 Å². The molecule has 86 valence electrons. The Balaban J connectivity index is 2.89. The Morgan fingerprint density at radius 1 is 1.40 bits per heavy atom. The molecule has 0 aliphatic carbocycles. The molecule has 0 radical (unpaired) electrons. The molecule has 1 N–H and O–H groups in total. The molecule has 2 amide bonds. The van der Waals surface area contributed by atoms with Crippen LogP contribution in [0.25, 0.3) is 0 Å². The van der Waals surface area contributed by atoms with E-state index in [1.54, 1.807) is 4.90 Å². The van der Waals surface area contributed by atoms with Gasteiger partial charge in [-0.3, -0.25) is 9.59 Å². The van der Waals surface area contributed by atoms with E-state index in [1.807, 2.05) is 27.7 Å². The molecule has 15 heavy (non-hydrogen) atoms. The van der Waals surface area contributed by atoms with E-state index in [4.69, 9.17) is 0 Å². The SMILES string of the molecule is CCC1NC(=O)CCN(C(C)(C)C)C1=O. The van der Waals surface area contributed by atoms with Gasteiger partial charge in [-0.1, -0.05) is 6.92 Å². The Morgan fingerprint density at radius 2 is 2.00 bits per heavy atom. The molecule has 1 atom stereocenters. The van der Waals surface area contributed by atoms with Gasteiger partial charge in [-0.25, -0.2) is 0 Å². The summed E-state index contributed by atoms with van der Waals surface area (Å²) in [5, 5.41) is 2.75. The fourth-order valence-electron chi connectivity index (χ4n) is 1.78. The van der Waals surface area contributed by atoms with Gasteiger partial charge in [-0.05, 0) is 27.2 Å². The summed E-state index contributed by atoms with van der Waals surface area (Å²) in [6, 6.07) is -0.348. The van der Waals surface area contributed by atoms with E-state index in [9.17, 15) is 9.59 Å². The second-order valence-corrected chi connectivity index (χ2v) is 4.94. The van der Waals surface area contributed by atoms with Crippen LogP contribution >= 0.6 is 0 Å². The summed E-state index contributed by atoms with van der Waals surface area (Å²) in [6.07, 6.45) is 1.05. The predicted molar refractivity (Wildman–Crippen MR) is 58.3 cm³/mol. The lowest BCUT2D eigenvalue weighted by Gasteiger charge is -2.36. The van der Waals surface area contributed by atoms with E-state index in [-0.39, 0.29) is 23.4 Å². The molecule has 1 fully saturated rings. The van der Waals surface area contributed by atoms with Crippen molar-refractivity contribution >= 4 is 11.8 Å². The maximum absolute atomic E-state index is 12.1. The minimum atomic E-state index is -0.348. The molecule has 0 aromatic rings. The average molecular weight is 212 g/mol. The summed E-state index contributed by atoms with van der Waals surface area (Å²) in [4.78, 5) is 25.3. The summed E-state index contributed by atoms with van der Waals surface area (Å²) in [6.45, 7) is 8.41. The number of amides is 2. The van der Waals surface area contributed by atoms with Gasteiger partial charge in [0.1, 0.15) is 6.04 Å². The predicted octanol–water partition coefficient (Wildman–Crippen LogP) is 0.912. The van der Waals surface area contributed by atoms with E-state index in [2.05, 4.69) is 5.32 Å². The zero-order valence-corrected chi connectivity index (χ0v) is 9.96. The molecular formula is C11H20N2O2. The number of nitrogens with one attached hydrogen (secondary N) is 1. The van der Waals surface area contributed by atoms with Crippen LogP contribution in [0.4, 0.5) is 0 Å². The van der Waals surface area contributed by atoms with E-state index < -0.39 is 0 Å². The molecule has 0 aromatic heterocycles. The molecule has 1 unspecified atom stereocenters. The minimum Gasteiger partial charge on any atom is -0.344 e.